The van der Waals surface area contributed by atoms with Crippen molar-refractivity contribution < 1.29 is 4.74 Å². The number of halogens is 2. The lowest BCUT2D eigenvalue weighted by Crippen LogP contribution is -2.10. The highest BCUT2D eigenvalue weighted by Crippen LogP contribution is 2.32. The van der Waals surface area contributed by atoms with Gasteiger partial charge in [-0.05, 0) is 41.3 Å². The average molecular weight is 354 g/mol. The van der Waals surface area contributed by atoms with Gasteiger partial charge in [0.1, 0.15) is 11.5 Å². The molecule has 3 heteroatoms. The van der Waals surface area contributed by atoms with Crippen LogP contribution in [0.2, 0.25) is 5.02 Å². The van der Waals surface area contributed by atoms with E-state index in [2.05, 4.69) is 48.8 Å². The van der Waals surface area contributed by atoms with E-state index in [9.17, 15) is 0 Å². The van der Waals surface area contributed by atoms with Gasteiger partial charge in [0.2, 0.25) is 0 Å². The molecule has 0 amide bonds. The minimum atomic E-state index is 0.109. The first-order valence-corrected chi connectivity index (χ1v) is 8.03. The third-order valence-corrected chi connectivity index (χ3v) is 3.93. The predicted molar refractivity (Wildman–Crippen MR) is 89.3 cm³/mol. The van der Waals surface area contributed by atoms with Crippen molar-refractivity contribution in [2.24, 2.45) is 0 Å². The Hall–Kier alpha value is -0.990. The average Bonchev–Trinajstić information content (AvgIpc) is 2.40. The summed E-state index contributed by atoms with van der Waals surface area (Å²) in [5.41, 5.74) is 2.40. The van der Waals surface area contributed by atoms with Crippen molar-refractivity contribution >= 4 is 27.5 Å². The van der Waals surface area contributed by atoms with Crippen molar-refractivity contribution in [3.8, 4) is 11.5 Å². The second kappa shape index (κ2) is 6.19. The molecule has 0 saturated carbocycles. The van der Waals surface area contributed by atoms with E-state index in [-0.39, 0.29) is 5.41 Å². The Balaban J connectivity index is 2.31. The maximum absolute atomic E-state index is 6.01. The molecule has 0 unspecified atom stereocenters. The highest BCUT2D eigenvalue weighted by molar-refractivity contribution is 9.08. The third-order valence-electron chi connectivity index (χ3n) is 3.09. The summed E-state index contributed by atoms with van der Waals surface area (Å²) in [7, 11) is 0. The largest absolute Gasteiger partial charge is 0.457 e. The summed E-state index contributed by atoms with van der Waals surface area (Å²) < 4.78 is 6.00. The third kappa shape index (κ3) is 3.77. The molecular formula is C17H18BrClO. The van der Waals surface area contributed by atoms with E-state index in [1.165, 1.54) is 5.56 Å². The molecule has 0 N–H and O–H groups in total. The van der Waals surface area contributed by atoms with E-state index in [0.717, 1.165) is 22.1 Å². The highest BCUT2D eigenvalue weighted by atomic mass is 79.9. The van der Waals surface area contributed by atoms with Crippen LogP contribution in [-0.4, -0.2) is 0 Å². The fraction of sp³-hybridized carbons (Fsp3) is 0.294. The van der Waals surface area contributed by atoms with E-state index in [4.69, 9.17) is 16.3 Å². The van der Waals surface area contributed by atoms with Gasteiger partial charge >= 0.3 is 0 Å². The van der Waals surface area contributed by atoms with Gasteiger partial charge in [0.25, 0.3) is 0 Å². The van der Waals surface area contributed by atoms with Crippen molar-refractivity contribution in [1.29, 1.82) is 0 Å². The molecule has 20 heavy (non-hydrogen) atoms. The summed E-state index contributed by atoms with van der Waals surface area (Å²) in [5.74, 6) is 1.68. The van der Waals surface area contributed by atoms with E-state index >= 15 is 0 Å². The molecule has 2 aromatic carbocycles. The molecule has 106 valence electrons. The van der Waals surface area contributed by atoms with Gasteiger partial charge < -0.3 is 4.74 Å². The highest BCUT2D eigenvalue weighted by Gasteiger charge is 2.14. The molecule has 1 nitrogen and oxygen atoms in total. The maximum atomic E-state index is 6.01. The molecule has 0 radical (unpaired) electrons. The zero-order valence-electron chi connectivity index (χ0n) is 11.9. The summed E-state index contributed by atoms with van der Waals surface area (Å²) in [4.78, 5) is 0. The molecule has 0 heterocycles. The van der Waals surface area contributed by atoms with Gasteiger partial charge in [-0.2, -0.15) is 0 Å². The first kappa shape index (κ1) is 15.4. The minimum absolute atomic E-state index is 0.109. The van der Waals surface area contributed by atoms with Crippen LogP contribution in [0.5, 0.6) is 11.5 Å². The zero-order valence-corrected chi connectivity index (χ0v) is 14.3. The number of hydrogen-bond acceptors (Lipinski definition) is 1. The summed E-state index contributed by atoms with van der Waals surface area (Å²) in [6, 6.07) is 13.9. The topological polar surface area (TPSA) is 9.23 Å². The fourth-order valence-electron chi connectivity index (χ4n) is 1.91. The number of hydrogen-bond donors (Lipinski definition) is 0. The quantitative estimate of drug-likeness (QED) is 0.586. The number of benzene rings is 2. The SMILES string of the molecule is CC(C)(C)c1cccc(Oc2ccc(Cl)cc2CBr)c1. The van der Waals surface area contributed by atoms with Gasteiger partial charge in [-0.15, -0.1) is 0 Å². The van der Waals surface area contributed by atoms with Crippen LogP contribution >= 0.6 is 27.5 Å². The maximum Gasteiger partial charge on any atom is 0.131 e. The molecule has 2 aromatic rings. The molecule has 0 aliphatic heterocycles. The Labute approximate surface area is 134 Å². The van der Waals surface area contributed by atoms with E-state index < -0.39 is 0 Å². The summed E-state index contributed by atoms with van der Waals surface area (Å²) in [6.45, 7) is 6.58. The van der Waals surface area contributed by atoms with Crippen molar-refractivity contribution in [1.82, 2.24) is 0 Å². The van der Waals surface area contributed by atoms with E-state index in [1.54, 1.807) is 0 Å². The second-order valence-electron chi connectivity index (χ2n) is 5.77. The van der Waals surface area contributed by atoms with E-state index in [1.807, 2.05) is 30.3 Å². The lowest BCUT2D eigenvalue weighted by molar-refractivity contribution is 0.474. The fourth-order valence-corrected chi connectivity index (χ4v) is 2.54. The molecule has 2 rings (SSSR count). The molecule has 0 spiro atoms. The van der Waals surface area contributed by atoms with Gasteiger partial charge in [-0.25, -0.2) is 0 Å². The van der Waals surface area contributed by atoms with Crippen molar-refractivity contribution in [2.45, 2.75) is 31.5 Å². The second-order valence-corrected chi connectivity index (χ2v) is 6.76. The summed E-state index contributed by atoms with van der Waals surface area (Å²) in [6.07, 6.45) is 0. The smallest absolute Gasteiger partial charge is 0.131 e. The van der Waals surface area contributed by atoms with E-state index in [0.29, 0.717) is 5.33 Å². The van der Waals surface area contributed by atoms with Crippen molar-refractivity contribution in [3.63, 3.8) is 0 Å². The Morgan fingerprint density at radius 1 is 1.10 bits per heavy atom. The van der Waals surface area contributed by atoms with Gasteiger partial charge in [0.05, 0.1) is 0 Å². The first-order valence-electron chi connectivity index (χ1n) is 6.53. The normalized spacial score (nSPS) is 11.4. The van der Waals surface area contributed by atoms with Crippen LogP contribution in [0.25, 0.3) is 0 Å². The van der Waals surface area contributed by atoms with Crippen LogP contribution in [0.3, 0.4) is 0 Å². The van der Waals surface area contributed by atoms with Crippen LogP contribution in [0.4, 0.5) is 0 Å². The molecule has 0 saturated heterocycles. The lowest BCUT2D eigenvalue weighted by atomic mass is 9.87. The monoisotopic (exact) mass is 352 g/mol. The molecule has 0 bridgehead atoms. The molecule has 0 aliphatic rings. The number of ether oxygens (including phenoxy) is 1. The van der Waals surface area contributed by atoms with Crippen LogP contribution in [0.1, 0.15) is 31.9 Å². The molecule has 0 fully saturated rings. The van der Waals surface area contributed by atoms with Gasteiger partial charge in [-0.1, -0.05) is 60.4 Å². The Kier molecular flexibility index (Phi) is 4.77. The number of alkyl halides is 1. The molecule has 0 atom stereocenters. The van der Waals surface area contributed by atoms with Gasteiger partial charge in [0.15, 0.2) is 0 Å². The van der Waals surface area contributed by atoms with Crippen LogP contribution in [0.15, 0.2) is 42.5 Å². The molecular weight excluding hydrogens is 336 g/mol. The summed E-state index contributed by atoms with van der Waals surface area (Å²) >= 11 is 9.47. The van der Waals surface area contributed by atoms with Crippen molar-refractivity contribution in [2.75, 3.05) is 0 Å². The number of rotatable bonds is 3. The van der Waals surface area contributed by atoms with Gasteiger partial charge in [-0.3, -0.25) is 0 Å². The molecule has 0 aliphatic carbocycles. The lowest BCUT2D eigenvalue weighted by Gasteiger charge is -2.20. The first-order chi connectivity index (χ1) is 9.40. The zero-order chi connectivity index (χ0) is 14.8. The minimum Gasteiger partial charge on any atom is -0.457 e. The predicted octanol–water partition coefficient (Wildman–Crippen LogP) is 6.32. The molecule has 0 aromatic heterocycles. The standard InChI is InChI=1S/C17H18BrClO/c1-17(2,3)13-5-4-6-15(10-13)20-16-8-7-14(19)9-12(16)11-18/h4-10H,11H2,1-3H3. The van der Waals surface area contributed by atoms with Gasteiger partial charge in [0, 0.05) is 15.9 Å². The Bertz CT molecular complexity index is 602. The summed E-state index contributed by atoms with van der Waals surface area (Å²) in [5, 5.41) is 1.43. The van der Waals surface area contributed by atoms with Crippen LogP contribution in [0, 0.1) is 0 Å². The van der Waals surface area contributed by atoms with Crippen LogP contribution in [-0.2, 0) is 10.7 Å². The van der Waals surface area contributed by atoms with Crippen LogP contribution < -0.4 is 4.74 Å². The Morgan fingerprint density at radius 3 is 2.50 bits per heavy atom. The van der Waals surface area contributed by atoms with Crippen molar-refractivity contribution in [3.05, 3.63) is 58.6 Å². The Morgan fingerprint density at radius 2 is 1.85 bits per heavy atom.